The monoisotopic (exact) mass is 382 g/mol. The topological polar surface area (TPSA) is 74.8 Å². The summed E-state index contributed by atoms with van der Waals surface area (Å²) < 4.78 is 4.96. The number of anilines is 1. The van der Waals surface area contributed by atoms with Crippen molar-refractivity contribution in [2.75, 3.05) is 51.3 Å². The van der Waals surface area contributed by atoms with Crippen LogP contribution >= 0.6 is 0 Å². The van der Waals surface area contributed by atoms with Crippen molar-refractivity contribution in [1.82, 2.24) is 15.2 Å². The number of amides is 2. The van der Waals surface area contributed by atoms with E-state index in [1.807, 2.05) is 23.1 Å². The number of benzene rings is 1. The van der Waals surface area contributed by atoms with Crippen LogP contribution in [0.1, 0.15) is 27.1 Å². The van der Waals surface area contributed by atoms with Gasteiger partial charge in [-0.3, -0.25) is 9.59 Å². The number of carbonyl (C=O) groups is 2. The van der Waals surface area contributed by atoms with Crippen molar-refractivity contribution in [1.29, 1.82) is 0 Å². The van der Waals surface area contributed by atoms with Crippen LogP contribution in [0.25, 0.3) is 0 Å². The number of pyridine rings is 1. The molecule has 1 fully saturated rings. The number of hydrogen-bond donors (Lipinski definition) is 1. The van der Waals surface area contributed by atoms with Gasteiger partial charge in [-0.2, -0.15) is 0 Å². The standard InChI is InChI=1S/C21H26N4O3/c1-28-16-4-11-23-20(26)17-6-8-18(9-7-17)21(27)25-14-12-24(13-15-25)19-5-2-3-10-22-19/h2-3,5-10H,4,11-16H2,1H3,(H,23,26). The summed E-state index contributed by atoms with van der Waals surface area (Å²) in [5, 5.41) is 2.84. The van der Waals surface area contributed by atoms with Gasteiger partial charge in [-0.15, -0.1) is 0 Å². The molecular weight excluding hydrogens is 356 g/mol. The van der Waals surface area contributed by atoms with Gasteiger partial charge >= 0.3 is 0 Å². The zero-order chi connectivity index (χ0) is 19.8. The van der Waals surface area contributed by atoms with Gasteiger partial charge in [-0.1, -0.05) is 6.07 Å². The van der Waals surface area contributed by atoms with Gasteiger partial charge in [0.2, 0.25) is 0 Å². The Labute approximate surface area is 165 Å². The third-order valence-electron chi connectivity index (χ3n) is 4.74. The third kappa shape index (κ3) is 5.07. The van der Waals surface area contributed by atoms with E-state index in [-0.39, 0.29) is 11.8 Å². The Morgan fingerprint density at radius 1 is 1.04 bits per heavy atom. The van der Waals surface area contributed by atoms with E-state index in [1.165, 1.54) is 0 Å². The van der Waals surface area contributed by atoms with Crippen molar-refractivity contribution in [2.24, 2.45) is 0 Å². The molecule has 1 aromatic carbocycles. The number of hydrogen-bond acceptors (Lipinski definition) is 5. The minimum absolute atomic E-state index is 0.00674. The van der Waals surface area contributed by atoms with Gasteiger partial charge in [-0.25, -0.2) is 4.98 Å². The molecule has 7 nitrogen and oxygen atoms in total. The quantitative estimate of drug-likeness (QED) is 0.740. The lowest BCUT2D eigenvalue weighted by molar-refractivity contribution is 0.0746. The number of methoxy groups -OCH3 is 1. The largest absolute Gasteiger partial charge is 0.385 e. The van der Waals surface area contributed by atoms with E-state index in [4.69, 9.17) is 4.74 Å². The Morgan fingerprint density at radius 3 is 2.39 bits per heavy atom. The minimum atomic E-state index is -0.140. The fourth-order valence-corrected chi connectivity index (χ4v) is 3.15. The molecule has 0 saturated carbocycles. The number of aromatic nitrogens is 1. The number of carbonyl (C=O) groups excluding carboxylic acids is 2. The molecule has 0 spiro atoms. The van der Waals surface area contributed by atoms with Crippen LogP contribution in [-0.4, -0.2) is 68.1 Å². The Kier molecular flexibility index (Phi) is 6.97. The van der Waals surface area contributed by atoms with Crippen molar-refractivity contribution in [3.05, 3.63) is 59.8 Å². The maximum Gasteiger partial charge on any atom is 0.253 e. The highest BCUT2D eigenvalue weighted by molar-refractivity contribution is 5.97. The highest BCUT2D eigenvalue weighted by Crippen LogP contribution is 2.15. The Hall–Kier alpha value is -2.93. The summed E-state index contributed by atoms with van der Waals surface area (Å²) >= 11 is 0. The SMILES string of the molecule is COCCCNC(=O)c1ccc(C(=O)N2CCN(c3ccccn3)CC2)cc1. The second-order valence-corrected chi connectivity index (χ2v) is 6.65. The van der Waals surface area contributed by atoms with E-state index < -0.39 is 0 Å². The van der Waals surface area contributed by atoms with Crippen molar-refractivity contribution in [2.45, 2.75) is 6.42 Å². The molecule has 28 heavy (non-hydrogen) atoms. The van der Waals surface area contributed by atoms with Gasteiger partial charge in [0.1, 0.15) is 5.82 Å². The van der Waals surface area contributed by atoms with E-state index in [0.717, 1.165) is 25.3 Å². The first-order valence-corrected chi connectivity index (χ1v) is 9.51. The molecule has 2 aromatic rings. The fourth-order valence-electron chi connectivity index (χ4n) is 3.15. The number of piperazine rings is 1. The van der Waals surface area contributed by atoms with Crippen LogP contribution in [0.4, 0.5) is 5.82 Å². The van der Waals surface area contributed by atoms with Gasteiger partial charge in [-0.05, 0) is 42.8 Å². The zero-order valence-electron chi connectivity index (χ0n) is 16.1. The molecule has 1 aliphatic heterocycles. The lowest BCUT2D eigenvalue weighted by atomic mass is 10.1. The van der Waals surface area contributed by atoms with E-state index in [2.05, 4.69) is 15.2 Å². The molecule has 7 heteroatoms. The van der Waals surface area contributed by atoms with Gasteiger partial charge < -0.3 is 19.9 Å². The van der Waals surface area contributed by atoms with Crippen LogP contribution in [0.15, 0.2) is 48.7 Å². The average Bonchev–Trinajstić information content (AvgIpc) is 2.77. The maximum absolute atomic E-state index is 12.7. The van der Waals surface area contributed by atoms with Gasteiger partial charge in [0.25, 0.3) is 11.8 Å². The lowest BCUT2D eigenvalue weighted by Crippen LogP contribution is -2.49. The number of ether oxygens (including phenoxy) is 1. The molecule has 1 N–H and O–H groups in total. The maximum atomic E-state index is 12.7. The Morgan fingerprint density at radius 2 is 1.75 bits per heavy atom. The average molecular weight is 382 g/mol. The highest BCUT2D eigenvalue weighted by atomic mass is 16.5. The molecule has 2 amide bonds. The number of nitrogens with one attached hydrogen (secondary N) is 1. The second kappa shape index (κ2) is 9.85. The summed E-state index contributed by atoms with van der Waals surface area (Å²) in [6.07, 6.45) is 2.55. The lowest BCUT2D eigenvalue weighted by Gasteiger charge is -2.35. The molecule has 0 radical (unpaired) electrons. The molecule has 0 atom stereocenters. The molecule has 0 bridgehead atoms. The first kappa shape index (κ1) is 19.8. The molecule has 2 heterocycles. The van der Waals surface area contributed by atoms with Crippen LogP contribution in [0, 0.1) is 0 Å². The van der Waals surface area contributed by atoms with E-state index in [0.29, 0.717) is 37.4 Å². The first-order chi connectivity index (χ1) is 13.7. The number of nitrogens with zero attached hydrogens (tertiary/aromatic N) is 3. The normalized spacial score (nSPS) is 14.0. The summed E-state index contributed by atoms with van der Waals surface area (Å²) in [5.41, 5.74) is 1.15. The van der Waals surface area contributed by atoms with Gasteiger partial charge in [0, 0.05) is 63.8 Å². The van der Waals surface area contributed by atoms with Gasteiger partial charge in [0.05, 0.1) is 0 Å². The van der Waals surface area contributed by atoms with E-state index in [1.54, 1.807) is 37.6 Å². The van der Waals surface area contributed by atoms with Crippen LogP contribution in [0.2, 0.25) is 0 Å². The molecule has 0 aliphatic carbocycles. The number of rotatable bonds is 7. The summed E-state index contributed by atoms with van der Waals surface area (Å²) in [7, 11) is 1.63. The van der Waals surface area contributed by atoms with Crippen molar-refractivity contribution in [3.63, 3.8) is 0 Å². The molecule has 1 saturated heterocycles. The smallest absolute Gasteiger partial charge is 0.253 e. The van der Waals surface area contributed by atoms with E-state index in [9.17, 15) is 9.59 Å². The van der Waals surface area contributed by atoms with Crippen LogP contribution < -0.4 is 10.2 Å². The first-order valence-electron chi connectivity index (χ1n) is 9.51. The van der Waals surface area contributed by atoms with Crippen LogP contribution in [0.3, 0.4) is 0 Å². The zero-order valence-corrected chi connectivity index (χ0v) is 16.1. The Balaban J connectivity index is 1.51. The minimum Gasteiger partial charge on any atom is -0.385 e. The Bertz CT molecular complexity index is 772. The van der Waals surface area contributed by atoms with Crippen molar-refractivity contribution >= 4 is 17.6 Å². The molecule has 0 unspecified atom stereocenters. The highest BCUT2D eigenvalue weighted by Gasteiger charge is 2.22. The van der Waals surface area contributed by atoms with Crippen LogP contribution in [0.5, 0.6) is 0 Å². The fraction of sp³-hybridized carbons (Fsp3) is 0.381. The molecule has 1 aromatic heterocycles. The third-order valence-corrected chi connectivity index (χ3v) is 4.74. The van der Waals surface area contributed by atoms with E-state index >= 15 is 0 Å². The summed E-state index contributed by atoms with van der Waals surface area (Å²) in [6, 6.07) is 12.7. The molecule has 3 rings (SSSR count). The summed E-state index contributed by atoms with van der Waals surface area (Å²) in [4.78, 5) is 33.2. The predicted molar refractivity (Wildman–Crippen MR) is 108 cm³/mol. The summed E-state index contributed by atoms with van der Waals surface area (Å²) in [6.45, 7) is 3.99. The van der Waals surface area contributed by atoms with Gasteiger partial charge in [0.15, 0.2) is 0 Å². The van der Waals surface area contributed by atoms with Crippen LogP contribution in [-0.2, 0) is 4.74 Å². The summed E-state index contributed by atoms with van der Waals surface area (Å²) in [5.74, 6) is 0.794. The molecular formula is C21H26N4O3. The van der Waals surface area contributed by atoms with Crippen molar-refractivity contribution in [3.8, 4) is 0 Å². The molecule has 148 valence electrons. The van der Waals surface area contributed by atoms with Crippen molar-refractivity contribution < 1.29 is 14.3 Å². The second-order valence-electron chi connectivity index (χ2n) is 6.65. The molecule has 1 aliphatic rings. The predicted octanol–water partition coefficient (Wildman–Crippen LogP) is 1.81.